The zero-order valence-corrected chi connectivity index (χ0v) is 18.4. The number of rotatable bonds is 8. The molecule has 8 heteroatoms. The maximum Gasteiger partial charge on any atom is 0.411 e. The molecule has 1 aromatic carbocycles. The van der Waals surface area contributed by atoms with Crippen LogP contribution in [0.2, 0.25) is 0 Å². The van der Waals surface area contributed by atoms with E-state index in [-0.39, 0.29) is 30.8 Å². The summed E-state index contributed by atoms with van der Waals surface area (Å²) in [6.07, 6.45) is -1.71. The summed E-state index contributed by atoms with van der Waals surface area (Å²) in [5.74, 6) is -0.221. The van der Waals surface area contributed by atoms with Crippen LogP contribution in [0.25, 0.3) is 0 Å². The molecular formula is C23H31F3N2O3. The number of nitrogens with zero attached hydrogens (tertiary/aromatic N) is 1. The van der Waals surface area contributed by atoms with Gasteiger partial charge in [-0.2, -0.15) is 13.2 Å². The first-order valence-electron chi connectivity index (χ1n) is 10.3. The van der Waals surface area contributed by atoms with Crippen LogP contribution in [0.5, 0.6) is 0 Å². The summed E-state index contributed by atoms with van der Waals surface area (Å²) in [5.41, 5.74) is 2.57. The number of hydrogen-bond acceptors (Lipinski definition) is 4. The van der Waals surface area contributed by atoms with Gasteiger partial charge in [-0.25, -0.2) is 0 Å². The molecule has 3 atom stereocenters. The second-order valence-corrected chi connectivity index (χ2v) is 8.80. The maximum atomic E-state index is 12.6. The van der Waals surface area contributed by atoms with Crippen LogP contribution in [-0.4, -0.2) is 54.3 Å². The molecule has 0 bridgehead atoms. The predicted octanol–water partition coefficient (Wildman–Crippen LogP) is 3.74. The summed E-state index contributed by atoms with van der Waals surface area (Å²) in [7, 11) is 0. The van der Waals surface area contributed by atoms with Crippen LogP contribution in [0.4, 0.5) is 13.2 Å². The number of aliphatic hydroxyl groups is 1. The third kappa shape index (κ3) is 8.10. The highest BCUT2D eigenvalue weighted by atomic mass is 19.4. The van der Waals surface area contributed by atoms with E-state index in [4.69, 9.17) is 4.74 Å². The first-order valence-corrected chi connectivity index (χ1v) is 10.3. The molecular weight excluding hydrogens is 409 g/mol. The topological polar surface area (TPSA) is 70.9 Å². The Bertz CT molecular complexity index is 796. The van der Waals surface area contributed by atoms with Crippen LogP contribution >= 0.6 is 0 Å². The van der Waals surface area contributed by atoms with Crippen molar-refractivity contribution in [3.63, 3.8) is 0 Å². The molecule has 1 aliphatic heterocycles. The van der Waals surface area contributed by atoms with Crippen LogP contribution in [-0.2, 0) is 21.4 Å². The lowest BCUT2D eigenvalue weighted by atomic mass is 9.86. The number of nitrogens with one attached hydrogen (secondary N) is 1. The molecule has 1 aliphatic rings. The summed E-state index contributed by atoms with van der Waals surface area (Å²) >= 11 is 0. The van der Waals surface area contributed by atoms with Crippen molar-refractivity contribution in [2.24, 2.45) is 4.99 Å². The number of benzene rings is 1. The Labute approximate surface area is 181 Å². The Morgan fingerprint density at radius 2 is 1.87 bits per heavy atom. The molecule has 1 amide bonds. The van der Waals surface area contributed by atoms with E-state index in [1.54, 1.807) is 13.0 Å². The van der Waals surface area contributed by atoms with Gasteiger partial charge in [-0.1, -0.05) is 51.1 Å². The van der Waals surface area contributed by atoms with E-state index in [1.165, 1.54) is 11.6 Å². The van der Waals surface area contributed by atoms with Crippen molar-refractivity contribution in [2.45, 2.75) is 70.3 Å². The molecule has 0 radical (unpaired) electrons. The fraction of sp³-hybridized carbons (Fsp3) is 0.565. The van der Waals surface area contributed by atoms with Gasteiger partial charge in [-0.15, -0.1) is 0 Å². The highest BCUT2D eigenvalue weighted by Gasteiger charge is 2.31. The number of carbonyl (C=O) groups excluding carboxylic acids is 1. The number of amides is 1. The summed E-state index contributed by atoms with van der Waals surface area (Å²) in [4.78, 5) is 17.0. The van der Waals surface area contributed by atoms with Crippen molar-refractivity contribution in [3.05, 3.63) is 47.5 Å². The van der Waals surface area contributed by atoms with Gasteiger partial charge in [0.05, 0.1) is 30.3 Å². The minimum absolute atomic E-state index is 0.0246. The zero-order chi connectivity index (χ0) is 23.2. The standard InChI is InChI=1S/C23H31F3N2O3/c1-15-20(31-14-23(24,25)26)10-9-18(27-15)19(11-12-29)28-21(30)13-16-5-7-17(8-6-16)22(2,3)4/h5-10,15,19-20,29H,11-14H2,1-4H3,(H,28,30)/t15?,19-,20?/m1/s1. The van der Waals surface area contributed by atoms with E-state index in [1.807, 2.05) is 24.3 Å². The molecule has 2 N–H and O–H groups in total. The number of aliphatic hydroxyl groups excluding tert-OH is 1. The van der Waals surface area contributed by atoms with Crippen LogP contribution in [0.1, 0.15) is 45.2 Å². The molecule has 31 heavy (non-hydrogen) atoms. The van der Waals surface area contributed by atoms with Gasteiger partial charge in [0.25, 0.3) is 0 Å². The molecule has 2 unspecified atom stereocenters. The van der Waals surface area contributed by atoms with Gasteiger partial charge < -0.3 is 15.2 Å². The Balaban J connectivity index is 1.99. The monoisotopic (exact) mass is 440 g/mol. The lowest BCUT2D eigenvalue weighted by Gasteiger charge is -2.27. The lowest BCUT2D eigenvalue weighted by molar-refractivity contribution is -0.182. The summed E-state index contributed by atoms with van der Waals surface area (Å²) in [5, 5.41) is 12.3. The van der Waals surface area contributed by atoms with Crippen LogP contribution in [0.15, 0.2) is 41.4 Å². The Kier molecular flexibility index (Phi) is 8.42. The molecule has 0 aliphatic carbocycles. The van der Waals surface area contributed by atoms with E-state index >= 15 is 0 Å². The van der Waals surface area contributed by atoms with E-state index < -0.39 is 31.0 Å². The smallest absolute Gasteiger partial charge is 0.396 e. The largest absolute Gasteiger partial charge is 0.411 e. The number of halogens is 3. The summed E-state index contributed by atoms with van der Waals surface area (Å²) < 4.78 is 42.0. The van der Waals surface area contributed by atoms with Gasteiger partial charge in [0.2, 0.25) is 5.91 Å². The SMILES string of the molecule is CC1N=C([C@@H](CCO)NC(=O)Cc2ccc(C(C)(C)C)cc2)C=CC1OCC(F)(F)F. The number of carbonyl (C=O) groups is 1. The number of alkyl halides is 3. The number of ether oxygens (including phenoxy) is 1. The Hall–Kier alpha value is -2.19. The minimum atomic E-state index is -4.41. The number of aliphatic imine (C=N–C) groups is 1. The highest BCUT2D eigenvalue weighted by Crippen LogP contribution is 2.22. The summed E-state index contributed by atoms with van der Waals surface area (Å²) in [6, 6.07) is 6.78. The van der Waals surface area contributed by atoms with Crippen molar-refractivity contribution < 1.29 is 27.8 Å². The van der Waals surface area contributed by atoms with Crippen molar-refractivity contribution in [3.8, 4) is 0 Å². The van der Waals surface area contributed by atoms with Gasteiger partial charge >= 0.3 is 6.18 Å². The highest BCUT2D eigenvalue weighted by molar-refractivity contribution is 6.02. The Morgan fingerprint density at radius 3 is 2.39 bits per heavy atom. The van der Waals surface area contributed by atoms with E-state index in [0.717, 1.165) is 5.56 Å². The van der Waals surface area contributed by atoms with E-state index in [2.05, 4.69) is 31.1 Å². The van der Waals surface area contributed by atoms with Crippen molar-refractivity contribution >= 4 is 11.6 Å². The second kappa shape index (κ2) is 10.4. The van der Waals surface area contributed by atoms with Crippen molar-refractivity contribution in [2.75, 3.05) is 13.2 Å². The van der Waals surface area contributed by atoms with E-state index in [0.29, 0.717) is 5.71 Å². The van der Waals surface area contributed by atoms with Gasteiger partial charge in [-0.3, -0.25) is 9.79 Å². The zero-order valence-electron chi connectivity index (χ0n) is 18.4. The molecule has 172 valence electrons. The number of hydrogen-bond donors (Lipinski definition) is 2. The number of dihydropyridines is 1. The molecule has 0 fully saturated rings. The fourth-order valence-corrected chi connectivity index (χ4v) is 3.27. The van der Waals surface area contributed by atoms with Gasteiger partial charge in [0, 0.05) is 6.61 Å². The molecule has 0 saturated carbocycles. The molecule has 1 aromatic rings. The van der Waals surface area contributed by atoms with Gasteiger partial charge in [0.1, 0.15) is 6.61 Å². The lowest BCUT2D eigenvalue weighted by Crippen LogP contribution is -2.44. The van der Waals surface area contributed by atoms with Crippen LogP contribution in [0.3, 0.4) is 0 Å². The molecule has 1 heterocycles. The van der Waals surface area contributed by atoms with Gasteiger partial charge in [-0.05, 0) is 36.0 Å². The third-order valence-corrected chi connectivity index (χ3v) is 5.02. The molecule has 0 saturated heterocycles. The van der Waals surface area contributed by atoms with Crippen molar-refractivity contribution in [1.29, 1.82) is 0 Å². The minimum Gasteiger partial charge on any atom is -0.396 e. The Morgan fingerprint density at radius 1 is 1.23 bits per heavy atom. The van der Waals surface area contributed by atoms with Crippen LogP contribution in [0, 0.1) is 0 Å². The average molecular weight is 441 g/mol. The first-order chi connectivity index (χ1) is 14.4. The predicted molar refractivity (Wildman–Crippen MR) is 114 cm³/mol. The molecule has 5 nitrogen and oxygen atoms in total. The van der Waals surface area contributed by atoms with E-state index in [9.17, 15) is 23.1 Å². The molecule has 0 aromatic heterocycles. The normalized spacial score (nSPS) is 20.3. The third-order valence-electron chi connectivity index (χ3n) is 5.02. The van der Waals surface area contributed by atoms with Crippen molar-refractivity contribution in [1.82, 2.24) is 5.32 Å². The van der Waals surface area contributed by atoms with Gasteiger partial charge in [0.15, 0.2) is 0 Å². The molecule has 2 rings (SSSR count). The fourth-order valence-electron chi connectivity index (χ4n) is 3.27. The molecule has 0 spiro atoms. The summed E-state index contributed by atoms with van der Waals surface area (Å²) in [6.45, 7) is 6.49. The first kappa shape index (κ1) is 25.1. The maximum absolute atomic E-state index is 12.6. The average Bonchev–Trinajstić information content (AvgIpc) is 2.65. The quantitative estimate of drug-likeness (QED) is 0.647. The van der Waals surface area contributed by atoms with Crippen LogP contribution < -0.4 is 5.32 Å². The second-order valence-electron chi connectivity index (χ2n) is 8.80.